The van der Waals surface area contributed by atoms with E-state index in [0.29, 0.717) is 10.8 Å². The van der Waals surface area contributed by atoms with Crippen LogP contribution in [0.25, 0.3) is 0 Å². The molecule has 1 rings (SSSR count). The summed E-state index contributed by atoms with van der Waals surface area (Å²) in [5.74, 6) is 0.625. The van der Waals surface area contributed by atoms with Crippen molar-refractivity contribution in [3.05, 3.63) is 29.8 Å². The number of rotatable bonds is 8. The molecule has 1 aromatic rings. The molecule has 5 heteroatoms. The molecule has 0 aliphatic heterocycles. The molecule has 2 N–H and O–H groups in total. The van der Waals surface area contributed by atoms with Crippen molar-refractivity contribution < 1.29 is 13.5 Å². The second kappa shape index (κ2) is 7.92. The van der Waals surface area contributed by atoms with E-state index in [2.05, 4.69) is 19.2 Å². The first kappa shape index (κ1) is 18.1. The van der Waals surface area contributed by atoms with Crippen LogP contribution in [0.4, 0.5) is 0 Å². The fourth-order valence-corrected chi connectivity index (χ4v) is 3.23. The fraction of sp³-hybridized carbons (Fsp3) is 0.625. The van der Waals surface area contributed by atoms with Crippen molar-refractivity contribution in [2.24, 2.45) is 5.92 Å². The highest BCUT2D eigenvalue weighted by Gasteiger charge is 2.15. The summed E-state index contributed by atoms with van der Waals surface area (Å²) in [7, 11) is -3.14. The minimum Gasteiger partial charge on any atom is -0.395 e. The predicted octanol–water partition coefficient (Wildman–Crippen LogP) is 2.54. The second-order valence-electron chi connectivity index (χ2n) is 5.87. The van der Waals surface area contributed by atoms with E-state index < -0.39 is 9.84 Å². The number of aliphatic hydroxyl groups is 1. The molecule has 0 saturated carbocycles. The summed E-state index contributed by atoms with van der Waals surface area (Å²) in [5, 5.41) is 12.8. The van der Waals surface area contributed by atoms with Crippen molar-refractivity contribution in [3.63, 3.8) is 0 Å². The molecule has 0 radical (unpaired) electrons. The fourth-order valence-electron chi connectivity index (χ4n) is 2.34. The summed E-state index contributed by atoms with van der Waals surface area (Å²) in [6.45, 7) is 8.02. The third-order valence-electron chi connectivity index (χ3n) is 3.58. The van der Waals surface area contributed by atoms with Crippen LogP contribution in [0.3, 0.4) is 0 Å². The maximum Gasteiger partial charge on any atom is 0.178 e. The van der Waals surface area contributed by atoms with Gasteiger partial charge in [-0.05, 0) is 37.0 Å². The maximum absolute atomic E-state index is 11.8. The largest absolute Gasteiger partial charge is 0.395 e. The Bertz CT molecular complexity index is 523. The number of nitrogens with one attached hydrogen (secondary N) is 1. The molecule has 21 heavy (non-hydrogen) atoms. The van der Waals surface area contributed by atoms with E-state index in [1.54, 1.807) is 19.1 Å². The lowest BCUT2D eigenvalue weighted by Gasteiger charge is -2.23. The maximum atomic E-state index is 11.8. The zero-order chi connectivity index (χ0) is 16.0. The van der Waals surface area contributed by atoms with Crippen molar-refractivity contribution in [2.45, 2.75) is 51.1 Å². The van der Waals surface area contributed by atoms with E-state index in [0.717, 1.165) is 12.0 Å². The molecule has 0 saturated heterocycles. The molecule has 120 valence electrons. The molecule has 0 aromatic heterocycles. The molecule has 0 bridgehead atoms. The van der Waals surface area contributed by atoms with Gasteiger partial charge in [0.25, 0.3) is 0 Å². The number of aliphatic hydroxyl groups excluding tert-OH is 1. The third-order valence-corrected chi connectivity index (χ3v) is 5.33. The van der Waals surface area contributed by atoms with Crippen LogP contribution in [0.2, 0.25) is 0 Å². The quantitative estimate of drug-likeness (QED) is 0.774. The van der Waals surface area contributed by atoms with Gasteiger partial charge in [-0.1, -0.05) is 32.9 Å². The number of hydrogen-bond acceptors (Lipinski definition) is 4. The van der Waals surface area contributed by atoms with Crippen molar-refractivity contribution in [1.82, 2.24) is 5.32 Å². The average molecular weight is 313 g/mol. The van der Waals surface area contributed by atoms with E-state index in [9.17, 15) is 13.5 Å². The molecule has 2 atom stereocenters. The van der Waals surface area contributed by atoms with Crippen molar-refractivity contribution in [2.75, 3.05) is 12.4 Å². The van der Waals surface area contributed by atoms with Gasteiger partial charge in [0.2, 0.25) is 0 Å². The first-order valence-corrected chi connectivity index (χ1v) is 9.15. The Labute approximate surface area is 128 Å². The van der Waals surface area contributed by atoms with Gasteiger partial charge in [0.05, 0.1) is 17.3 Å². The van der Waals surface area contributed by atoms with Crippen LogP contribution in [-0.2, 0) is 9.84 Å². The van der Waals surface area contributed by atoms with Crippen molar-refractivity contribution >= 4 is 9.84 Å². The Morgan fingerprint density at radius 3 is 2.14 bits per heavy atom. The lowest BCUT2D eigenvalue weighted by atomic mass is 10.0. The Hall–Kier alpha value is -0.910. The van der Waals surface area contributed by atoms with E-state index in [1.165, 1.54) is 0 Å². The van der Waals surface area contributed by atoms with E-state index >= 15 is 0 Å². The summed E-state index contributed by atoms with van der Waals surface area (Å²) in [4.78, 5) is 0.363. The van der Waals surface area contributed by atoms with Gasteiger partial charge in [0, 0.05) is 12.1 Å². The first-order valence-electron chi connectivity index (χ1n) is 7.49. The van der Waals surface area contributed by atoms with Crippen LogP contribution in [0.15, 0.2) is 29.2 Å². The Morgan fingerprint density at radius 1 is 1.14 bits per heavy atom. The third kappa shape index (κ3) is 5.41. The van der Waals surface area contributed by atoms with E-state index in [-0.39, 0.29) is 24.4 Å². The molecule has 1 aromatic carbocycles. The van der Waals surface area contributed by atoms with Gasteiger partial charge < -0.3 is 10.4 Å². The van der Waals surface area contributed by atoms with Crippen LogP contribution in [0.5, 0.6) is 0 Å². The molecule has 0 heterocycles. The second-order valence-corrected chi connectivity index (χ2v) is 8.15. The van der Waals surface area contributed by atoms with Crippen LogP contribution >= 0.6 is 0 Å². The van der Waals surface area contributed by atoms with E-state index in [1.807, 2.05) is 19.1 Å². The zero-order valence-electron chi connectivity index (χ0n) is 13.3. The van der Waals surface area contributed by atoms with Crippen LogP contribution in [-0.4, -0.2) is 31.9 Å². The minimum absolute atomic E-state index is 0.0547. The lowest BCUT2D eigenvalue weighted by Crippen LogP contribution is -2.35. The predicted molar refractivity (Wildman–Crippen MR) is 86.0 cm³/mol. The molecule has 2 unspecified atom stereocenters. The molecule has 0 amide bonds. The molecule has 0 spiro atoms. The lowest BCUT2D eigenvalue weighted by molar-refractivity contribution is 0.215. The smallest absolute Gasteiger partial charge is 0.178 e. The van der Waals surface area contributed by atoms with Gasteiger partial charge in [0.1, 0.15) is 0 Å². The highest BCUT2D eigenvalue weighted by atomic mass is 32.2. The SMILES string of the molecule is CCS(=O)(=O)c1ccc(C(C)NC(CO)CC(C)C)cc1. The molecular formula is C16H27NO3S. The molecule has 0 aliphatic rings. The Balaban J connectivity index is 2.77. The Morgan fingerprint density at radius 2 is 1.71 bits per heavy atom. The molecule has 0 fully saturated rings. The van der Waals surface area contributed by atoms with Gasteiger partial charge in [-0.2, -0.15) is 0 Å². The molecule has 4 nitrogen and oxygen atoms in total. The number of benzene rings is 1. The van der Waals surface area contributed by atoms with Gasteiger partial charge >= 0.3 is 0 Å². The average Bonchev–Trinajstić information content (AvgIpc) is 2.46. The number of hydrogen-bond donors (Lipinski definition) is 2. The van der Waals surface area contributed by atoms with Crippen molar-refractivity contribution in [3.8, 4) is 0 Å². The summed E-state index contributed by atoms with van der Waals surface area (Å²) in [5.41, 5.74) is 1.02. The number of sulfone groups is 1. The highest BCUT2D eigenvalue weighted by Crippen LogP contribution is 2.18. The van der Waals surface area contributed by atoms with Gasteiger partial charge in [-0.3, -0.25) is 0 Å². The van der Waals surface area contributed by atoms with Gasteiger partial charge in [-0.25, -0.2) is 8.42 Å². The monoisotopic (exact) mass is 313 g/mol. The summed E-state index contributed by atoms with van der Waals surface area (Å²) >= 11 is 0. The van der Waals surface area contributed by atoms with Crippen LogP contribution in [0.1, 0.15) is 45.7 Å². The first-order chi connectivity index (χ1) is 9.80. The summed E-state index contributed by atoms with van der Waals surface area (Å²) in [6.07, 6.45) is 0.906. The zero-order valence-corrected chi connectivity index (χ0v) is 14.2. The topological polar surface area (TPSA) is 66.4 Å². The van der Waals surface area contributed by atoms with Crippen molar-refractivity contribution in [1.29, 1.82) is 0 Å². The standard InChI is InChI=1S/C16H27NO3S/c1-5-21(19,20)16-8-6-14(7-9-16)13(4)17-15(11-18)10-12(2)3/h6-9,12-13,15,17-18H,5,10-11H2,1-4H3. The highest BCUT2D eigenvalue weighted by molar-refractivity contribution is 7.91. The molecular weight excluding hydrogens is 286 g/mol. The van der Waals surface area contributed by atoms with E-state index in [4.69, 9.17) is 0 Å². The minimum atomic E-state index is -3.14. The summed E-state index contributed by atoms with van der Waals surface area (Å²) < 4.78 is 23.6. The van der Waals surface area contributed by atoms with Crippen LogP contribution < -0.4 is 5.32 Å². The molecule has 0 aliphatic carbocycles. The normalized spacial score (nSPS) is 15.1. The Kier molecular flexibility index (Phi) is 6.84. The summed E-state index contributed by atoms with van der Waals surface area (Å²) in [6, 6.07) is 7.11. The van der Waals surface area contributed by atoms with Gasteiger partial charge in [0.15, 0.2) is 9.84 Å². The van der Waals surface area contributed by atoms with Crippen LogP contribution in [0, 0.1) is 5.92 Å². The van der Waals surface area contributed by atoms with Gasteiger partial charge in [-0.15, -0.1) is 0 Å².